The summed E-state index contributed by atoms with van der Waals surface area (Å²) >= 11 is 3.48. The van der Waals surface area contributed by atoms with Gasteiger partial charge in [0.25, 0.3) is 0 Å². The minimum absolute atomic E-state index is 0.0586. The van der Waals surface area contributed by atoms with Crippen LogP contribution in [0.25, 0.3) is 0 Å². The number of para-hydroxylation sites is 1. The Morgan fingerprint density at radius 1 is 1.08 bits per heavy atom. The third-order valence-electron chi connectivity index (χ3n) is 4.97. The highest BCUT2D eigenvalue weighted by atomic mass is 79.9. The van der Waals surface area contributed by atoms with Gasteiger partial charge in [-0.05, 0) is 58.7 Å². The van der Waals surface area contributed by atoms with Crippen LogP contribution in [-0.2, 0) is 16.2 Å². The Balaban J connectivity index is 1.57. The standard InChI is InChI=1S/C27H24BrFN4O4/c1-2-36-24-14-18(13-21(28)27(24)37-17-20-8-4-3-7-19(20)15-30)16-31-33-26(35)12-11-25(34)32-23-10-6-5-9-22(23)29/h3-10,13-14,16H,2,11-12,17H2,1H3,(H,32,34)(H,33,35). The van der Waals surface area contributed by atoms with Gasteiger partial charge in [-0.2, -0.15) is 10.4 Å². The van der Waals surface area contributed by atoms with E-state index in [4.69, 9.17) is 9.47 Å². The maximum Gasteiger partial charge on any atom is 0.240 e. The summed E-state index contributed by atoms with van der Waals surface area (Å²) in [6.45, 7) is 2.41. The zero-order valence-corrected chi connectivity index (χ0v) is 21.5. The second-order valence-corrected chi connectivity index (χ2v) is 8.50. The number of anilines is 1. The predicted molar refractivity (Wildman–Crippen MR) is 141 cm³/mol. The molecule has 0 saturated carbocycles. The number of nitrogens with one attached hydrogen (secondary N) is 2. The number of nitriles is 1. The van der Waals surface area contributed by atoms with E-state index >= 15 is 0 Å². The topological polar surface area (TPSA) is 113 Å². The Morgan fingerprint density at radius 3 is 2.57 bits per heavy atom. The molecule has 3 aromatic carbocycles. The molecule has 0 aliphatic rings. The minimum Gasteiger partial charge on any atom is -0.490 e. The summed E-state index contributed by atoms with van der Waals surface area (Å²) in [5.74, 6) is -0.575. The molecule has 0 aliphatic heterocycles. The Labute approximate surface area is 222 Å². The highest BCUT2D eigenvalue weighted by Crippen LogP contribution is 2.37. The van der Waals surface area contributed by atoms with E-state index in [1.165, 1.54) is 24.4 Å². The first-order valence-corrected chi connectivity index (χ1v) is 12.1. The quantitative estimate of drug-likeness (QED) is 0.241. The molecule has 0 atom stereocenters. The summed E-state index contributed by atoms with van der Waals surface area (Å²) in [6.07, 6.45) is 1.18. The zero-order valence-electron chi connectivity index (χ0n) is 20.0. The molecule has 0 fully saturated rings. The lowest BCUT2D eigenvalue weighted by Gasteiger charge is -2.15. The van der Waals surface area contributed by atoms with Crippen molar-refractivity contribution in [2.24, 2.45) is 5.10 Å². The van der Waals surface area contributed by atoms with Crippen LogP contribution in [0.2, 0.25) is 0 Å². The van der Waals surface area contributed by atoms with Gasteiger partial charge < -0.3 is 14.8 Å². The molecular weight excluding hydrogens is 543 g/mol. The predicted octanol–water partition coefficient (Wildman–Crippen LogP) is 5.31. The molecule has 0 heterocycles. The number of rotatable bonds is 11. The first-order chi connectivity index (χ1) is 17.9. The third-order valence-corrected chi connectivity index (χ3v) is 5.56. The van der Waals surface area contributed by atoms with Gasteiger partial charge in [0.05, 0.1) is 34.6 Å². The largest absolute Gasteiger partial charge is 0.490 e. The summed E-state index contributed by atoms with van der Waals surface area (Å²) in [7, 11) is 0. The average Bonchev–Trinajstić information content (AvgIpc) is 2.89. The van der Waals surface area contributed by atoms with Crippen molar-refractivity contribution in [2.75, 3.05) is 11.9 Å². The number of carbonyl (C=O) groups is 2. The molecule has 0 saturated heterocycles. The van der Waals surface area contributed by atoms with Gasteiger partial charge in [0.2, 0.25) is 11.8 Å². The normalized spacial score (nSPS) is 10.5. The van der Waals surface area contributed by atoms with E-state index in [1.807, 2.05) is 19.1 Å². The first kappa shape index (κ1) is 27.4. The van der Waals surface area contributed by atoms with Crippen LogP contribution < -0.4 is 20.2 Å². The SMILES string of the molecule is CCOc1cc(C=NNC(=O)CCC(=O)Nc2ccccc2F)cc(Br)c1OCc1ccccc1C#N. The molecule has 3 aromatic rings. The maximum absolute atomic E-state index is 13.6. The number of amides is 2. The number of halogens is 2. The summed E-state index contributed by atoms with van der Waals surface area (Å²) in [6, 6.07) is 18.5. The summed E-state index contributed by atoms with van der Waals surface area (Å²) < 4.78 is 25.9. The van der Waals surface area contributed by atoms with Crippen molar-refractivity contribution in [3.8, 4) is 17.6 Å². The number of ether oxygens (including phenoxy) is 2. The molecule has 0 aromatic heterocycles. The maximum atomic E-state index is 13.6. The zero-order chi connectivity index (χ0) is 26.6. The monoisotopic (exact) mass is 566 g/mol. The fraction of sp³-hybridized carbons (Fsp3) is 0.185. The lowest BCUT2D eigenvalue weighted by atomic mass is 10.1. The van der Waals surface area contributed by atoms with E-state index in [9.17, 15) is 19.2 Å². The van der Waals surface area contributed by atoms with Crippen LogP contribution in [-0.4, -0.2) is 24.6 Å². The molecule has 0 radical (unpaired) electrons. The van der Waals surface area contributed by atoms with Crippen LogP contribution in [0.5, 0.6) is 11.5 Å². The first-order valence-electron chi connectivity index (χ1n) is 11.3. The molecule has 37 heavy (non-hydrogen) atoms. The van der Waals surface area contributed by atoms with Crippen molar-refractivity contribution in [1.29, 1.82) is 5.26 Å². The van der Waals surface area contributed by atoms with Crippen molar-refractivity contribution >= 4 is 39.6 Å². The molecule has 2 amide bonds. The molecular formula is C27H24BrFN4O4. The van der Waals surface area contributed by atoms with Crippen LogP contribution in [0.15, 0.2) is 70.2 Å². The van der Waals surface area contributed by atoms with Crippen LogP contribution in [0.1, 0.15) is 36.5 Å². The molecule has 10 heteroatoms. The molecule has 0 unspecified atom stereocenters. The Bertz CT molecular complexity index is 1340. The molecule has 8 nitrogen and oxygen atoms in total. The van der Waals surface area contributed by atoms with E-state index in [-0.39, 0.29) is 25.1 Å². The van der Waals surface area contributed by atoms with Crippen molar-refractivity contribution in [2.45, 2.75) is 26.4 Å². The average molecular weight is 567 g/mol. The van der Waals surface area contributed by atoms with Gasteiger partial charge in [-0.3, -0.25) is 9.59 Å². The molecule has 190 valence electrons. The molecule has 0 spiro atoms. The third kappa shape index (κ3) is 8.15. The van der Waals surface area contributed by atoms with E-state index in [0.29, 0.717) is 33.7 Å². The number of carbonyl (C=O) groups excluding carboxylic acids is 2. The number of hydrazone groups is 1. The van der Waals surface area contributed by atoms with Crippen LogP contribution >= 0.6 is 15.9 Å². The van der Waals surface area contributed by atoms with Crippen molar-refractivity contribution in [1.82, 2.24) is 5.43 Å². The van der Waals surface area contributed by atoms with Gasteiger partial charge in [0, 0.05) is 18.4 Å². The second kappa shape index (κ2) is 13.8. The summed E-state index contributed by atoms with van der Waals surface area (Å²) in [5.41, 5.74) is 4.32. The minimum atomic E-state index is -0.550. The van der Waals surface area contributed by atoms with Crippen molar-refractivity contribution < 1.29 is 23.5 Å². The summed E-state index contributed by atoms with van der Waals surface area (Å²) in [5, 5.41) is 15.6. The van der Waals surface area contributed by atoms with E-state index in [2.05, 4.69) is 37.8 Å². The lowest BCUT2D eigenvalue weighted by Crippen LogP contribution is -2.21. The molecule has 0 aliphatic carbocycles. The van der Waals surface area contributed by atoms with Gasteiger partial charge in [0.15, 0.2) is 11.5 Å². The number of hydrogen-bond donors (Lipinski definition) is 2. The number of nitrogens with zero attached hydrogens (tertiary/aromatic N) is 2. The number of benzene rings is 3. The van der Waals surface area contributed by atoms with Crippen LogP contribution in [0.4, 0.5) is 10.1 Å². The molecule has 3 rings (SSSR count). The van der Waals surface area contributed by atoms with Gasteiger partial charge in [-0.25, -0.2) is 9.82 Å². The highest BCUT2D eigenvalue weighted by molar-refractivity contribution is 9.10. The molecule has 0 bridgehead atoms. The van der Waals surface area contributed by atoms with Crippen molar-refractivity contribution in [3.63, 3.8) is 0 Å². The van der Waals surface area contributed by atoms with Crippen molar-refractivity contribution in [3.05, 3.63) is 87.6 Å². The van der Waals surface area contributed by atoms with Gasteiger partial charge in [-0.15, -0.1) is 0 Å². The van der Waals surface area contributed by atoms with E-state index < -0.39 is 17.6 Å². The Kier molecular flexibility index (Phi) is 10.2. The molecule has 2 N–H and O–H groups in total. The lowest BCUT2D eigenvalue weighted by molar-refractivity contribution is -0.124. The second-order valence-electron chi connectivity index (χ2n) is 7.64. The van der Waals surface area contributed by atoms with Crippen LogP contribution in [0, 0.1) is 17.1 Å². The van der Waals surface area contributed by atoms with Gasteiger partial charge in [-0.1, -0.05) is 30.3 Å². The Morgan fingerprint density at radius 2 is 1.81 bits per heavy atom. The Hall–Kier alpha value is -4.23. The van der Waals surface area contributed by atoms with E-state index in [1.54, 1.807) is 30.3 Å². The smallest absolute Gasteiger partial charge is 0.240 e. The highest BCUT2D eigenvalue weighted by Gasteiger charge is 2.14. The number of hydrogen-bond acceptors (Lipinski definition) is 6. The summed E-state index contributed by atoms with van der Waals surface area (Å²) in [4.78, 5) is 24.0. The fourth-order valence-corrected chi connectivity index (χ4v) is 3.78. The van der Waals surface area contributed by atoms with Gasteiger partial charge >= 0.3 is 0 Å². The van der Waals surface area contributed by atoms with E-state index in [0.717, 1.165) is 5.56 Å². The van der Waals surface area contributed by atoms with Gasteiger partial charge in [0.1, 0.15) is 12.4 Å². The van der Waals surface area contributed by atoms with Crippen LogP contribution in [0.3, 0.4) is 0 Å². The fourth-order valence-electron chi connectivity index (χ4n) is 3.21.